The molecular weight excluding hydrogens is 765 g/mol. The van der Waals surface area contributed by atoms with Crippen molar-refractivity contribution in [2.24, 2.45) is 0 Å². The van der Waals surface area contributed by atoms with Gasteiger partial charge in [-0.2, -0.15) is 0 Å². The molecule has 0 saturated carbocycles. The van der Waals surface area contributed by atoms with Gasteiger partial charge in [0.2, 0.25) is 0 Å². The molecule has 0 aromatic rings. The molecule has 0 aliphatic carbocycles. The lowest BCUT2D eigenvalue weighted by molar-refractivity contribution is -0.161. The highest BCUT2D eigenvalue weighted by atomic mass is 16.6. The molecule has 62 heavy (non-hydrogen) atoms. The zero-order valence-electron chi connectivity index (χ0n) is 39.8. The van der Waals surface area contributed by atoms with E-state index in [1.54, 1.807) is 0 Å². The molecular formula is C57H92O5. The van der Waals surface area contributed by atoms with Crippen molar-refractivity contribution in [3.05, 3.63) is 122 Å². The van der Waals surface area contributed by atoms with E-state index >= 15 is 0 Å². The fourth-order valence-electron chi connectivity index (χ4n) is 6.55. The first-order valence-electron chi connectivity index (χ1n) is 25.1. The molecule has 0 aromatic heterocycles. The molecule has 0 bridgehead atoms. The first kappa shape index (κ1) is 58.3. The van der Waals surface area contributed by atoms with Crippen LogP contribution in [0.4, 0.5) is 0 Å². The average molecular weight is 857 g/mol. The summed E-state index contributed by atoms with van der Waals surface area (Å²) < 4.78 is 10.6. The molecule has 0 fully saturated rings. The second-order valence-electron chi connectivity index (χ2n) is 16.1. The normalized spacial score (nSPS) is 13.3. The van der Waals surface area contributed by atoms with Crippen molar-refractivity contribution in [2.45, 2.75) is 213 Å². The summed E-state index contributed by atoms with van der Waals surface area (Å²) in [5.41, 5.74) is 0. The van der Waals surface area contributed by atoms with Gasteiger partial charge in [-0.25, -0.2) is 0 Å². The highest BCUT2D eigenvalue weighted by Crippen LogP contribution is 2.15. The zero-order chi connectivity index (χ0) is 44.9. The Kier molecular flexibility index (Phi) is 48.6. The molecule has 0 spiro atoms. The first-order chi connectivity index (χ1) is 30.6. The quantitative estimate of drug-likeness (QED) is 0.0375. The van der Waals surface area contributed by atoms with Gasteiger partial charge in [0.25, 0.3) is 0 Å². The zero-order valence-corrected chi connectivity index (χ0v) is 39.8. The van der Waals surface area contributed by atoms with Gasteiger partial charge in [-0.1, -0.05) is 212 Å². The molecule has 0 radical (unpaired) electrons. The SMILES string of the molecule is CC/C=C\C/C=C\C/C=C\C/C=C\C/C=C\C/C=C\CCCCCCCCCCCCCCCCC(=O)OC(CO)COC(=O)CCCC/C=C\C/C=C\C/C=C\C/C=C\CC. The topological polar surface area (TPSA) is 72.8 Å². The summed E-state index contributed by atoms with van der Waals surface area (Å²) in [6.07, 6.45) is 75.8. The van der Waals surface area contributed by atoms with E-state index in [9.17, 15) is 14.7 Å². The van der Waals surface area contributed by atoms with Crippen molar-refractivity contribution >= 4 is 11.9 Å². The number of ether oxygens (including phenoxy) is 2. The molecule has 5 nitrogen and oxygen atoms in total. The Morgan fingerprint density at radius 3 is 1.00 bits per heavy atom. The third-order valence-electron chi connectivity index (χ3n) is 10.3. The minimum atomic E-state index is -0.796. The van der Waals surface area contributed by atoms with Crippen LogP contribution in [0.25, 0.3) is 0 Å². The molecule has 0 amide bonds. The molecule has 1 N–H and O–H groups in total. The lowest BCUT2D eigenvalue weighted by Gasteiger charge is -2.15. The van der Waals surface area contributed by atoms with Gasteiger partial charge in [-0.15, -0.1) is 0 Å². The minimum absolute atomic E-state index is 0.0936. The molecule has 0 rings (SSSR count). The van der Waals surface area contributed by atoms with E-state index in [2.05, 4.69) is 135 Å². The number of rotatable bonds is 44. The minimum Gasteiger partial charge on any atom is -0.462 e. The molecule has 350 valence electrons. The third-order valence-corrected chi connectivity index (χ3v) is 10.3. The number of carbonyl (C=O) groups excluding carboxylic acids is 2. The predicted molar refractivity (Wildman–Crippen MR) is 269 cm³/mol. The summed E-state index contributed by atoms with van der Waals surface area (Å²) in [6.45, 7) is 3.86. The Bertz CT molecular complexity index is 1290. The monoisotopic (exact) mass is 857 g/mol. The summed E-state index contributed by atoms with van der Waals surface area (Å²) in [5, 5.41) is 9.60. The van der Waals surface area contributed by atoms with Gasteiger partial charge in [0.1, 0.15) is 6.61 Å². The van der Waals surface area contributed by atoms with Crippen LogP contribution in [0.3, 0.4) is 0 Å². The molecule has 0 aliphatic heterocycles. The maximum Gasteiger partial charge on any atom is 0.306 e. The number of carbonyl (C=O) groups is 2. The van der Waals surface area contributed by atoms with Crippen LogP contribution in [-0.4, -0.2) is 36.4 Å². The highest BCUT2D eigenvalue weighted by Gasteiger charge is 2.16. The fourth-order valence-corrected chi connectivity index (χ4v) is 6.55. The summed E-state index contributed by atoms with van der Waals surface area (Å²) >= 11 is 0. The number of hydrogen-bond acceptors (Lipinski definition) is 5. The number of unbranched alkanes of at least 4 members (excludes halogenated alkanes) is 16. The van der Waals surface area contributed by atoms with Crippen molar-refractivity contribution in [1.29, 1.82) is 0 Å². The van der Waals surface area contributed by atoms with Gasteiger partial charge >= 0.3 is 11.9 Å². The van der Waals surface area contributed by atoms with Crippen LogP contribution < -0.4 is 0 Å². The van der Waals surface area contributed by atoms with Crippen LogP contribution in [0.15, 0.2) is 122 Å². The Hall–Kier alpha value is -3.70. The summed E-state index contributed by atoms with van der Waals surface area (Å²) in [6, 6.07) is 0. The van der Waals surface area contributed by atoms with Crippen molar-refractivity contribution in [3.8, 4) is 0 Å². The molecule has 0 aliphatic rings. The molecule has 1 unspecified atom stereocenters. The highest BCUT2D eigenvalue weighted by molar-refractivity contribution is 5.70. The van der Waals surface area contributed by atoms with Crippen LogP contribution >= 0.6 is 0 Å². The number of allylic oxidation sites excluding steroid dienone is 20. The van der Waals surface area contributed by atoms with E-state index in [0.29, 0.717) is 12.8 Å². The van der Waals surface area contributed by atoms with Crippen molar-refractivity contribution in [2.75, 3.05) is 13.2 Å². The predicted octanol–water partition coefficient (Wildman–Crippen LogP) is 16.7. The summed E-state index contributed by atoms with van der Waals surface area (Å²) in [5.74, 6) is -0.647. The summed E-state index contributed by atoms with van der Waals surface area (Å²) in [7, 11) is 0. The first-order valence-corrected chi connectivity index (χ1v) is 25.1. The Morgan fingerprint density at radius 1 is 0.371 bits per heavy atom. The second kappa shape index (κ2) is 51.6. The molecule has 1 atom stereocenters. The van der Waals surface area contributed by atoms with Gasteiger partial charge in [-0.3, -0.25) is 9.59 Å². The number of hydrogen-bond donors (Lipinski definition) is 1. The lowest BCUT2D eigenvalue weighted by atomic mass is 10.0. The van der Waals surface area contributed by atoms with E-state index in [-0.39, 0.29) is 25.2 Å². The summed E-state index contributed by atoms with van der Waals surface area (Å²) in [4.78, 5) is 24.4. The number of aliphatic hydroxyl groups excluding tert-OH is 1. The second-order valence-corrected chi connectivity index (χ2v) is 16.1. The average Bonchev–Trinajstić information content (AvgIpc) is 3.28. The number of aliphatic hydroxyl groups is 1. The van der Waals surface area contributed by atoms with Crippen LogP contribution in [0, 0.1) is 0 Å². The van der Waals surface area contributed by atoms with Gasteiger partial charge in [0.05, 0.1) is 6.61 Å². The third kappa shape index (κ3) is 49.0. The lowest BCUT2D eigenvalue weighted by Crippen LogP contribution is -2.28. The van der Waals surface area contributed by atoms with E-state index < -0.39 is 6.10 Å². The Balaban J connectivity index is 3.56. The van der Waals surface area contributed by atoms with Crippen LogP contribution in [0.1, 0.15) is 206 Å². The van der Waals surface area contributed by atoms with Crippen molar-refractivity contribution < 1.29 is 24.2 Å². The molecule has 0 aromatic carbocycles. The van der Waals surface area contributed by atoms with E-state index in [1.807, 2.05) is 0 Å². The maximum absolute atomic E-state index is 12.3. The largest absolute Gasteiger partial charge is 0.462 e. The maximum atomic E-state index is 12.3. The molecule has 0 heterocycles. The van der Waals surface area contributed by atoms with Crippen molar-refractivity contribution in [3.63, 3.8) is 0 Å². The van der Waals surface area contributed by atoms with Crippen LogP contribution in [0.2, 0.25) is 0 Å². The van der Waals surface area contributed by atoms with Crippen LogP contribution in [-0.2, 0) is 19.1 Å². The van der Waals surface area contributed by atoms with E-state index in [0.717, 1.165) is 103 Å². The van der Waals surface area contributed by atoms with Crippen molar-refractivity contribution in [1.82, 2.24) is 0 Å². The standard InChI is InChI=1S/C57H92O5/c1-3-5-7-9-11-13-15-17-19-20-21-22-23-24-25-26-27-28-29-30-31-32-33-34-35-36-38-40-42-44-46-48-50-52-57(60)62-55(53-58)54-61-56(59)51-49-47-45-43-41-39-37-18-16-14-12-10-8-6-4-2/h5-8,11-14,17-19,21-22,24-25,27-28,37,41,43,55,58H,3-4,9-10,15-16,20,23,26,29-36,38-40,42,44-54H2,1-2H3/b7-5-,8-6-,13-11-,14-12-,19-17-,22-21-,25-24-,28-27-,37-18-,43-41-. The number of esters is 2. The Morgan fingerprint density at radius 2 is 0.645 bits per heavy atom. The van der Waals surface area contributed by atoms with Gasteiger partial charge in [0.15, 0.2) is 6.10 Å². The smallest absolute Gasteiger partial charge is 0.306 e. The van der Waals surface area contributed by atoms with Crippen LogP contribution in [0.5, 0.6) is 0 Å². The fraction of sp³-hybridized carbons (Fsp3) is 0.614. The molecule has 5 heteroatoms. The van der Waals surface area contributed by atoms with E-state index in [1.165, 1.54) is 77.0 Å². The van der Waals surface area contributed by atoms with Gasteiger partial charge in [0, 0.05) is 12.8 Å². The Labute approximate surface area is 382 Å². The molecule has 0 saturated heterocycles. The van der Waals surface area contributed by atoms with Gasteiger partial charge in [-0.05, 0) is 103 Å². The van der Waals surface area contributed by atoms with E-state index in [4.69, 9.17) is 9.47 Å². The van der Waals surface area contributed by atoms with Gasteiger partial charge < -0.3 is 14.6 Å².